The van der Waals surface area contributed by atoms with Crippen molar-refractivity contribution in [1.82, 2.24) is 0 Å². The average Bonchev–Trinajstić information content (AvgIpc) is 2.92. The van der Waals surface area contributed by atoms with E-state index >= 15 is 0 Å². The minimum Gasteiger partial charge on any atom is -0.387 e. The highest BCUT2D eigenvalue weighted by Crippen LogP contribution is 2.42. The van der Waals surface area contributed by atoms with Gasteiger partial charge in [-0.15, -0.1) is 12.3 Å². The Morgan fingerprint density at radius 3 is 2.92 bits per heavy atom. The van der Waals surface area contributed by atoms with Gasteiger partial charge in [0.2, 0.25) is 0 Å². The fraction of sp³-hybridized carbons (Fsp3) is 0.818. The van der Waals surface area contributed by atoms with Crippen LogP contribution in [0, 0.1) is 18.3 Å². The lowest BCUT2D eigenvalue weighted by molar-refractivity contribution is -0.0666. The molecule has 1 aliphatic heterocycles. The first-order valence-electron chi connectivity index (χ1n) is 5.05. The quantitative estimate of drug-likeness (QED) is 0.513. The third-order valence-electron chi connectivity index (χ3n) is 3.34. The molecule has 1 heterocycles. The molecule has 3 atom stereocenters. The van der Waals surface area contributed by atoms with Gasteiger partial charge >= 0.3 is 0 Å². The molecule has 2 nitrogen and oxygen atoms in total. The van der Waals surface area contributed by atoms with Crippen LogP contribution in [-0.4, -0.2) is 23.4 Å². The highest BCUT2D eigenvalue weighted by Gasteiger charge is 2.51. The van der Waals surface area contributed by atoms with E-state index in [1.54, 1.807) is 0 Å². The minimum atomic E-state index is -0.607. The van der Waals surface area contributed by atoms with Gasteiger partial charge in [-0.05, 0) is 12.8 Å². The van der Waals surface area contributed by atoms with Crippen molar-refractivity contribution in [2.75, 3.05) is 6.61 Å². The fourth-order valence-electron chi connectivity index (χ4n) is 2.43. The van der Waals surface area contributed by atoms with Gasteiger partial charge in [0.1, 0.15) is 6.10 Å². The van der Waals surface area contributed by atoms with Crippen molar-refractivity contribution < 1.29 is 9.84 Å². The predicted octanol–water partition coefficient (Wildman–Crippen LogP) is 1.33. The largest absolute Gasteiger partial charge is 0.387 e. The van der Waals surface area contributed by atoms with Crippen molar-refractivity contribution in [2.45, 2.75) is 43.8 Å². The van der Waals surface area contributed by atoms with Gasteiger partial charge in [0.05, 0.1) is 12.2 Å². The number of aliphatic hydroxyl groups is 1. The molecule has 72 valence electrons. The summed E-state index contributed by atoms with van der Waals surface area (Å²) in [6.45, 7) is 0.720. The second kappa shape index (κ2) is 3.32. The molecule has 13 heavy (non-hydrogen) atoms. The molecule has 0 aromatic rings. The number of ether oxygens (including phenoxy) is 1. The summed E-state index contributed by atoms with van der Waals surface area (Å²) in [7, 11) is 0. The molecule has 1 N–H and O–H groups in total. The van der Waals surface area contributed by atoms with Gasteiger partial charge in [0.15, 0.2) is 0 Å². The first-order chi connectivity index (χ1) is 6.27. The normalized spacial score (nSPS) is 44.0. The molecule has 2 aliphatic rings. The number of rotatable bonds is 2. The summed E-state index contributed by atoms with van der Waals surface area (Å²) in [5.41, 5.74) is -0.607. The van der Waals surface area contributed by atoms with Gasteiger partial charge in [0.25, 0.3) is 0 Å². The SMILES string of the molecule is C#CC[C@H]1CCCC[C@]1(O)[C@H]1CO1. The maximum atomic E-state index is 10.4. The third kappa shape index (κ3) is 1.59. The maximum absolute atomic E-state index is 10.4. The highest BCUT2D eigenvalue weighted by atomic mass is 16.6. The second-order valence-electron chi connectivity index (χ2n) is 4.16. The van der Waals surface area contributed by atoms with Crippen LogP contribution in [0.1, 0.15) is 32.1 Å². The van der Waals surface area contributed by atoms with Gasteiger partial charge in [-0.1, -0.05) is 12.8 Å². The smallest absolute Gasteiger partial charge is 0.110 e. The molecule has 2 rings (SSSR count). The highest BCUT2D eigenvalue weighted by molar-refractivity contribution is 5.04. The molecule has 1 aliphatic carbocycles. The van der Waals surface area contributed by atoms with Crippen LogP contribution in [0.3, 0.4) is 0 Å². The molecule has 0 spiro atoms. The molecule has 2 heteroatoms. The summed E-state index contributed by atoms with van der Waals surface area (Å²) >= 11 is 0. The van der Waals surface area contributed by atoms with Gasteiger partial charge in [-0.25, -0.2) is 0 Å². The van der Waals surface area contributed by atoms with E-state index in [4.69, 9.17) is 11.2 Å². The first kappa shape index (κ1) is 9.05. The molecule has 1 saturated heterocycles. The number of epoxide rings is 1. The number of terminal acetylenes is 1. The van der Waals surface area contributed by atoms with E-state index in [0.717, 1.165) is 25.9 Å². The van der Waals surface area contributed by atoms with Crippen LogP contribution in [-0.2, 0) is 4.74 Å². The van der Waals surface area contributed by atoms with E-state index in [9.17, 15) is 5.11 Å². The van der Waals surface area contributed by atoms with E-state index in [2.05, 4.69) is 5.92 Å². The molecule has 1 saturated carbocycles. The van der Waals surface area contributed by atoms with E-state index in [0.29, 0.717) is 6.42 Å². The van der Waals surface area contributed by atoms with E-state index < -0.39 is 5.60 Å². The van der Waals surface area contributed by atoms with Crippen molar-refractivity contribution in [3.63, 3.8) is 0 Å². The molecule has 2 fully saturated rings. The second-order valence-corrected chi connectivity index (χ2v) is 4.16. The van der Waals surface area contributed by atoms with Gasteiger partial charge < -0.3 is 9.84 Å². The van der Waals surface area contributed by atoms with Crippen molar-refractivity contribution in [3.05, 3.63) is 0 Å². The lowest BCUT2D eigenvalue weighted by Crippen LogP contribution is -2.45. The van der Waals surface area contributed by atoms with Crippen molar-refractivity contribution >= 4 is 0 Å². The van der Waals surface area contributed by atoms with Crippen LogP contribution in [0.15, 0.2) is 0 Å². The van der Waals surface area contributed by atoms with Crippen LogP contribution in [0.5, 0.6) is 0 Å². The Balaban J connectivity index is 2.07. The first-order valence-corrected chi connectivity index (χ1v) is 5.05. The molecular formula is C11H16O2. The number of hydrogen-bond acceptors (Lipinski definition) is 2. The molecule has 0 aromatic heterocycles. The topological polar surface area (TPSA) is 32.8 Å². The van der Waals surface area contributed by atoms with Crippen molar-refractivity contribution in [2.24, 2.45) is 5.92 Å². The Morgan fingerprint density at radius 2 is 2.31 bits per heavy atom. The summed E-state index contributed by atoms with van der Waals surface area (Å²) in [4.78, 5) is 0. The zero-order valence-electron chi connectivity index (χ0n) is 7.83. The minimum absolute atomic E-state index is 0.0751. The van der Waals surface area contributed by atoms with Crippen molar-refractivity contribution in [3.8, 4) is 12.3 Å². The Morgan fingerprint density at radius 1 is 1.54 bits per heavy atom. The van der Waals surface area contributed by atoms with Gasteiger partial charge in [-0.2, -0.15) is 0 Å². The summed E-state index contributed by atoms with van der Waals surface area (Å²) in [6, 6.07) is 0. The van der Waals surface area contributed by atoms with Gasteiger partial charge in [0, 0.05) is 12.3 Å². The molecular weight excluding hydrogens is 164 g/mol. The standard InChI is InChI=1S/C11H16O2/c1-2-5-9-6-3-4-7-11(9,12)10-8-13-10/h1,9-10,12H,3-8H2/t9-,10+,11+/m0/s1. The predicted molar refractivity (Wildman–Crippen MR) is 50.1 cm³/mol. The summed E-state index contributed by atoms with van der Waals surface area (Å²) < 4.78 is 5.21. The molecule has 0 aromatic carbocycles. The third-order valence-corrected chi connectivity index (χ3v) is 3.34. The fourth-order valence-corrected chi connectivity index (χ4v) is 2.43. The van der Waals surface area contributed by atoms with Crippen LogP contribution in [0.4, 0.5) is 0 Å². The zero-order valence-corrected chi connectivity index (χ0v) is 7.83. The van der Waals surface area contributed by atoms with E-state index in [1.807, 2.05) is 0 Å². The molecule has 0 radical (unpaired) electrons. The van der Waals surface area contributed by atoms with Crippen LogP contribution in [0.25, 0.3) is 0 Å². The summed E-state index contributed by atoms with van der Waals surface area (Å²) in [5, 5.41) is 10.4. The Kier molecular flexibility index (Phi) is 2.31. The molecule has 0 unspecified atom stereocenters. The van der Waals surface area contributed by atoms with E-state index in [1.165, 1.54) is 6.42 Å². The Hall–Kier alpha value is -0.520. The zero-order chi connectivity index (χ0) is 9.31. The van der Waals surface area contributed by atoms with Crippen LogP contribution < -0.4 is 0 Å². The van der Waals surface area contributed by atoms with Crippen LogP contribution >= 0.6 is 0 Å². The Bertz CT molecular complexity index is 227. The molecule has 0 amide bonds. The molecule has 0 bridgehead atoms. The van der Waals surface area contributed by atoms with E-state index in [-0.39, 0.29) is 12.0 Å². The summed E-state index contributed by atoms with van der Waals surface area (Å²) in [6.07, 6.45) is 10.3. The number of hydrogen-bond donors (Lipinski definition) is 1. The lowest BCUT2D eigenvalue weighted by Gasteiger charge is -2.38. The van der Waals surface area contributed by atoms with Crippen molar-refractivity contribution in [1.29, 1.82) is 0 Å². The Labute approximate surface area is 79.3 Å². The lowest BCUT2D eigenvalue weighted by atomic mass is 9.72. The van der Waals surface area contributed by atoms with Crippen LogP contribution in [0.2, 0.25) is 0 Å². The van der Waals surface area contributed by atoms with Gasteiger partial charge in [-0.3, -0.25) is 0 Å². The maximum Gasteiger partial charge on any atom is 0.110 e. The monoisotopic (exact) mass is 180 g/mol. The average molecular weight is 180 g/mol. The summed E-state index contributed by atoms with van der Waals surface area (Å²) in [5.74, 6) is 2.92.